The molecule has 1 amide bonds. The molecular weight excluding hydrogens is 463 g/mol. The molecule has 1 aliphatic carbocycles. The lowest BCUT2D eigenvalue weighted by Crippen LogP contribution is -2.36. The first-order chi connectivity index (χ1) is 16.0. The highest BCUT2D eigenvalue weighted by atomic mass is 35.5. The number of rotatable bonds is 5. The number of nitrogens with one attached hydrogen (secondary N) is 1. The molecule has 1 N–H and O–H groups in total. The molecule has 1 aliphatic rings. The number of aromatic nitrogens is 2. The Bertz CT molecular complexity index is 1340. The van der Waals surface area contributed by atoms with Gasteiger partial charge in [-0.2, -0.15) is 10.2 Å². The molecular formula is C24H20Cl2N4O3. The summed E-state index contributed by atoms with van der Waals surface area (Å²) in [5.41, 5.74) is -0.397. The molecule has 1 aromatic carbocycles. The lowest BCUT2D eigenvalue weighted by molar-refractivity contribution is -0.117. The number of halogens is 2. The summed E-state index contributed by atoms with van der Waals surface area (Å²) in [6, 6.07) is 11.6. The first-order valence-electron chi connectivity index (χ1n) is 10.5. The quantitative estimate of drug-likeness (QED) is 0.400. The van der Waals surface area contributed by atoms with Crippen LogP contribution in [0.2, 0.25) is 10.0 Å². The molecule has 1 saturated carbocycles. The van der Waals surface area contributed by atoms with Crippen molar-refractivity contribution < 1.29 is 9.53 Å². The molecule has 0 bridgehead atoms. The van der Waals surface area contributed by atoms with E-state index in [1.54, 1.807) is 36.5 Å². The first kappa shape index (κ1) is 22.8. The number of nitriles is 1. The summed E-state index contributed by atoms with van der Waals surface area (Å²) in [5.74, 6) is -0.376. The van der Waals surface area contributed by atoms with Crippen molar-refractivity contribution in [2.45, 2.75) is 38.1 Å². The van der Waals surface area contributed by atoms with Gasteiger partial charge in [0.2, 0.25) is 5.88 Å². The number of benzene rings is 1. The minimum Gasteiger partial charge on any atom is -0.437 e. The fourth-order valence-electron chi connectivity index (χ4n) is 3.75. The van der Waals surface area contributed by atoms with Crippen molar-refractivity contribution in [2.75, 3.05) is 0 Å². The molecule has 0 unspecified atom stereocenters. The van der Waals surface area contributed by atoms with Crippen molar-refractivity contribution >= 4 is 40.8 Å². The van der Waals surface area contributed by atoms with Crippen LogP contribution in [0.4, 0.5) is 0 Å². The van der Waals surface area contributed by atoms with Gasteiger partial charge < -0.3 is 10.1 Å². The van der Waals surface area contributed by atoms with Crippen LogP contribution in [0.1, 0.15) is 37.7 Å². The van der Waals surface area contributed by atoms with Gasteiger partial charge in [-0.1, -0.05) is 48.5 Å². The zero-order chi connectivity index (χ0) is 23.4. The molecule has 0 saturated heterocycles. The van der Waals surface area contributed by atoms with Crippen LogP contribution >= 0.6 is 23.2 Å². The van der Waals surface area contributed by atoms with Gasteiger partial charge in [0.25, 0.3) is 11.5 Å². The van der Waals surface area contributed by atoms with Crippen LogP contribution < -0.4 is 15.6 Å². The molecule has 0 aliphatic heterocycles. The topological polar surface area (TPSA) is 96.5 Å². The van der Waals surface area contributed by atoms with E-state index in [-0.39, 0.29) is 33.8 Å². The Morgan fingerprint density at radius 1 is 1.21 bits per heavy atom. The van der Waals surface area contributed by atoms with Gasteiger partial charge in [-0.25, -0.2) is 0 Å². The third kappa shape index (κ3) is 5.19. The van der Waals surface area contributed by atoms with E-state index in [0.29, 0.717) is 10.7 Å². The number of pyridine rings is 1. The maximum absolute atomic E-state index is 13.2. The van der Waals surface area contributed by atoms with Gasteiger partial charge in [-0.05, 0) is 49.2 Å². The smallest absolute Gasteiger partial charge is 0.269 e. The molecule has 2 aromatic heterocycles. The second-order valence-electron chi connectivity index (χ2n) is 7.72. The Balaban J connectivity index is 1.77. The van der Waals surface area contributed by atoms with E-state index < -0.39 is 11.5 Å². The second-order valence-corrected chi connectivity index (χ2v) is 8.56. The number of ether oxygens (including phenoxy) is 1. The van der Waals surface area contributed by atoms with E-state index in [2.05, 4.69) is 10.3 Å². The monoisotopic (exact) mass is 482 g/mol. The lowest BCUT2D eigenvalue weighted by Gasteiger charge is -2.22. The third-order valence-electron chi connectivity index (χ3n) is 5.43. The second kappa shape index (κ2) is 10.1. The summed E-state index contributed by atoms with van der Waals surface area (Å²) in [5, 5.41) is 13.2. The fourth-order valence-corrected chi connectivity index (χ4v) is 4.20. The van der Waals surface area contributed by atoms with Crippen LogP contribution in [0.5, 0.6) is 11.6 Å². The molecule has 0 radical (unpaired) electrons. The number of carbonyl (C=O) groups is 1. The molecule has 2 heterocycles. The molecule has 1 fully saturated rings. The van der Waals surface area contributed by atoms with Gasteiger partial charge in [-0.3, -0.25) is 14.0 Å². The molecule has 0 spiro atoms. The molecule has 168 valence electrons. The van der Waals surface area contributed by atoms with Crippen LogP contribution in [-0.4, -0.2) is 21.3 Å². The number of amides is 1. The minimum atomic E-state index is -0.530. The fraction of sp³-hybridized carbons (Fsp3) is 0.250. The standard InChI is InChI=1S/C24H20Cl2N4O3/c25-16-9-10-20(19(26)13-16)33-23-18(24(32)30-11-5-4-8-21(30)29-23)12-15(14-27)22(31)28-17-6-2-1-3-7-17/h4-5,8-13,17H,1-3,6-7H2,(H,28,31). The number of fused-ring (bicyclic) bond motifs is 1. The third-order valence-corrected chi connectivity index (χ3v) is 5.96. The highest BCUT2D eigenvalue weighted by molar-refractivity contribution is 6.35. The summed E-state index contributed by atoms with van der Waals surface area (Å²) >= 11 is 12.2. The van der Waals surface area contributed by atoms with Crippen molar-refractivity contribution in [3.63, 3.8) is 0 Å². The van der Waals surface area contributed by atoms with Crippen molar-refractivity contribution in [3.8, 4) is 17.7 Å². The van der Waals surface area contributed by atoms with Crippen molar-refractivity contribution in [1.82, 2.24) is 14.7 Å². The van der Waals surface area contributed by atoms with Crippen molar-refractivity contribution in [1.29, 1.82) is 5.26 Å². The maximum atomic E-state index is 13.2. The van der Waals surface area contributed by atoms with Gasteiger partial charge in [-0.15, -0.1) is 0 Å². The minimum absolute atomic E-state index is 0.0161. The number of carbonyl (C=O) groups excluding carboxylic acids is 1. The Labute approximate surface area is 200 Å². The highest BCUT2D eigenvalue weighted by Gasteiger charge is 2.21. The molecule has 7 nitrogen and oxygen atoms in total. The van der Waals surface area contributed by atoms with Gasteiger partial charge in [0, 0.05) is 17.3 Å². The number of hydrogen-bond acceptors (Lipinski definition) is 5. The summed E-state index contributed by atoms with van der Waals surface area (Å²) in [4.78, 5) is 30.4. The van der Waals surface area contributed by atoms with E-state index >= 15 is 0 Å². The van der Waals surface area contributed by atoms with Crippen LogP contribution in [0.3, 0.4) is 0 Å². The average Bonchev–Trinajstić information content (AvgIpc) is 2.81. The van der Waals surface area contributed by atoms with E-state index in [1.165, 1.54) is 16.5 Å². The highest BCUT2D eigenvalue weighted by Crippen LogP contribution is 2.32. The number of hydrogen-bond donors (Lipinski definition) is 1. The molecule has 0 atom stereocenters. The Kier molecular flexibility index (Phi) is 6.97. The van der Waals surface area contributed by atoms with Gasteiger partial charge >= 0.3 is 0 Å². The average molecular weight is 483 g/mol. The predicted octanol–water partition coefficient (Wildman–Crippen LogP) is 5.15. The van der Waals surface area contributed by atoms with Crippen LogP contribution in [0.25, 0.3) is 11.7 Å². The molecule has 33 heavy (non-hydrogen) atoms. The molecule has 3 aromatic rings. The van der Waals surface area contributed by atoms with Crippen molar-refractivity contribution in [2.24, 2.45) is 0 Å². The Morgan fingerprint density at radius 3 is 2.73 bits per heavy atom. The summed E-state index contributed by atoms with van der Waals surface area (Å²) in [7, 11) is 0. The number of nitrogens with zero attached hydrogens (tertiary/aromatic N) is 3. The van der Waals surface area contributed by atoms with E-state index in [9.17, 15) is 14.9 Å². The zero-order valence-electron chi connectivity index (χ0n) is 17.6. The SMILES string of the molecule is N#CC(=Cc1c(Oc2ccc(Cl)cc2Cl)nc2ccccn2c1=O)C(=O)NC1CCCCC1. The normalized spacial score (nSPS) is 14.6. The summed E-state index contributed by atoms with van der Waals surface area (Å²) in [6.45, 7) is 0. The van der Waals surface area contributed by atoms with Gasteiger partial charge in [0.05, 0.1) is 5.02 Å². The van der Waals surface area contributed by atoms with E-state index in [4.69, 9.17) is 27.9 Å². The van der Waals surface area contributed by atoms with E-state index in [0.717, 1.165) is 32.1 Å². The van der Waals surface area contributed by atoms with E-state index in [1.807, 2.05) is 6.07 Å². The predicted molar refractivity (Wildman–Crippen MR) is 127 cm³/mol. The van der Waals surface area contributed by atoms with Gasteiger partial charge in [0.15, 0.2) is 0 Å². The van der Waals surface area contributed by atoms with Crippen LogP contribution in [-0.2, 0) is 4.79 Å². The van der Waals surface area contributed by atoms with Gasteiger partial charge in [0.1, 0.15) is 28.6 Å². The zero-order valence-corrected chi connectivity index (χ0v) is 19.1. The van der Waals surface area contributed by atoms with Crippen LogP contribution in [0.15, 0.2) is 53.0 Å². The molecule has 4 rings (SSSR count). The van der Waals surface area contributed by atoms with Crippen LogP contribution in [0, 0.1) is 11.3 Å². The first-order valence-corrected chi connectivity index (χ1v) is 11.3. The Morgan fingerprint density at radius 2 is 2.00 bits per heavy atom. The molecule has 9 heteroatoms. The maximum Gasteiger partial charge on any atom is 0.269 e. The lowest BCUT2D eigenvalue weighted by atomic mass is 9.95. The summed E-state index contributed by atoms with van der Waals surface area (Å²) in [6.07, 6.45) is 7.71. The Hall–Kier alpha value is -3.34. The summed E-state index contributed by atoms with van der Waals surface area (Å²) < 4.78 is 7.17. The largest absolute Gasteiger partial charge is 0.437 e. The van der Waals surface area contributed by atoms with Crippen molar-refractivity contribution in [3.05, 3.63) is 74.1 Å².